The van der Waals surface area contributed by atoms with Gasteiger partial charge in [-0.1, -0.05) is 0 Å². The molecule has 3 heterocycles. The van der Waals surface area contributed by atoms with Gasteiger partial charge in [-0.2, -0.15) is 0 Å². The summed E-state index contributed by atoms with van der Waals surface area (Å²) >= 11 is 1.45. The summed E-state index contributed by atoms with van der Waals surface area (Å²) in [5, 5.41) is 9.08. The van der Waals surface area contributed by atoms with Gasteiger partial charge in [0.15, 0.2) is 5.75 Å². The van der Waals surface area contributed by atoms with E-state index in [4.69, 9.17) is 5.11 Å². The Hall–Kier alpha value is -2.41. The Kier molecular flexibility index (Phi) is 2.49. The molecule has 0 amide bonds. The summed E-state index contributed by atoms with van der Waals surface area (Å²) in [5.74, 6) is 0.0789. The molecule has 7 heteroatoms. The van der Waals surface area contributed by atoms with Crippen molar-refractivity contribution in [3.8, 4) is 5.75 Å². The Morgan fingerprint density at radius 3 is 3.00 bits per heavy atom. The molecule has 3 aromatic rings. The summed E-state index contributed by atoms with van der Waals surface area (Å²) < 4.78 is 5.81. The van der Waals surface area contributed by atoms with E-state index in [2.05, 4.69) is 9.72 Å². The SMILES string of the molecule is Cc1cc2c(=O)n3cc(OC(=O)O)ccc3nc2s1. The van der Waals surface area contributed by atoms with Crippen LogP contribution >= 0.6 is 11.3 Å². The molecule has 1 N–H and O–H groups in total. The third-order valence-corrected chi connectivity index (χ3v) is 3.55. The van der Waals surface area contributed by atoms with Crippen LogP contribution in [0.3, 0.4) is 0 Å². The van der Waals surface area contributed by atoms with Gasteiger partial charge in [0.1, 0.15) is 10.5 Å². The van der Waals surface area contributed by atoms with Gasteiger partial charge in [0.2, 0.25) is 0 Å². The first-order valence-corrected chi connectivity index (χ1v) is 6.19. The van der Waals surface area contributed by atoms with Crippen LogP contribution in [0.4, 0.5) is 4.79 Å². The van der Waals surface area contributed by atoms with Crippen molar-refractivity contribution in [2.45, 2.75) is 6.92 Å². The van der Waals surface area contributed by atoms with Crippen molar-refractivity contribution in [1.29, 1.82) is 0 Å². The van der Waals surface area contributed by atoms with E-state index in [1.165, 1.54) is 28.0 Å². The molecule has 0 radical (unpaired) electrons. The Bertz CT molecular complexity index is 865. The first-order valence-electron chi connectivity index (χ1n) is 5.38. The number of hydrogen-bond acceptors (Lipinski definition) is 5. The molecule has 0 spiro atoms. The number of nitrogens with zero attached hydrogens (tertiary/aromatic N) is 2. The second-order valence-corrected chi connectivity index (χ2v) is 5.19. The standard InChI is InChI=1S/C12H8N2O4S/c1-6-4-8-10(19-6)13-9-3-2-7(18-12(16)17)5-14(9)11(8)15/h2-5H,1H3,(H,16,17). The lowest BCUT2D eigenvalue weighted by Crippen LogP contribution is -2.15. The molecule has 0 saturated carbocycles. The quantitative estimate of drug-likeness (QED) is 0.689. The maximum atomic E-state index is 12.3. The molecule has 0 aliphatic rings. The van der Waals surface area contributed by atoms with E-state index < -0.39 is 6.16 Å². The number of carboxylic acid groups (broad SMARTS) is 1. The van der Waals surface area contributed by atoms with Gasteiger partial charge in [0.05, 0.1) is 11.6 Å². The second kappa shape index (κ2) is 4.06. The molecule has 0 fully saturated rings. The van der Waals surface area contributed by atoms with Crippen molar-refractivity contribution in [1.82, 2.24) is 9.38 Å². The predicted octanol–water partition coefficient (Wildman–Crippen LogP) is 2.27. The molecule has 19 heavy (non-hydrogen) atoms. The lowest BCUT2D eigenvalue weighted by molar-refractivity contribution is 0.144. The normalized spacial score (nSPS) is 11.0. The van der Waals surface area contributed by atoms with E-state index in [9.17, 15) is 9.59 Å². The van der Waals surface area contributed by atoms with Crippen molar-refractivity contribution in [2.24, 2.45) is 0 Å². The Balaban J connectivity index is 2.32. The second-order valence-electron chi connectivity index (χ2n) is 3.95. The lowest BCUT2D eigenvalue weighted by atomic mass is 10.3. The highest BCUT2D eigenvalue weighted by atomic mass is 32.1. The highest BCUT2D eigenvalue weighted by Gasteiger charge is 2.10. The van der Waals surface area contributed by atoms with Crippen molar-refractivity contribution >= 4 is 33.4 Å². The third kappa shape index (κ3) is 1.93. The summed E-state index contributed by atoms with van der Waals surface area (Å²) in [7, 11) is 0. The number of fused-ring (bicyclic) bond motifs is 2. The van der Waals surface area contributed by atoms with E-state index in [1.54, 1.807) is 12.1 Å². The molecule has 96 valence electrons. The molecule has 0 aromatic carbocycles. The van der Waals surface area contributed by atoms with E-state index in [0.29, 0.717) is 15.9 Å². The Labute approximate surface area is 110 Å². The molecule has 0 aliphatic heterocycles. The minimum absolute atomic E-state index is 0.0789. The molecule has 6 nitrogen and oxygen atoms in total. The molecule has 0 atom stereocenters. The van der Waals surface area contributed by atoms with Crippen LogP contribution in [-0.4, -0.2) is 20.6 Å². The molecular weight excluding hydrogens is 268 g/mol. The molecule has 0 unspecified atom stereocenters. The fourth-order valence-electron chi connectivity index (χ4n) is 1.86. The van der Waals surface area contributed by atoms with Gasteiger partial charge in [-0.3, -0.25) is 9.20 Å². The predicted molar refractivity (Wildman–Crippen MR) is 70.2 cm³/mol. The molecule has 0 saturated heterocycles. The number of aryl methyl sites for hydroxylation is 1. The summed E-state index contributed by atoms with van der Waals surface area (Å²) in [4.78, 5) is 28.8. The van der Waals surface area contributed by atoms with Gasteiger partial charge in [-0.15, -0.1) is 11.3 Å². The van der Waals surface area contributed by atoms with E-state index in [-0.39, 0.29) is 11.3 Å². The van der Waals surface area contributed by atoms with Crippen LogP contribution in [0.2, 0.25) is 0 Å². The minimum Gasteiger partial charge on any atom is -0.449 e. The van der Waals surface area contributed by atoms with Crippen LogP contribution in [0.15, 0.2) is 29.2 Å². The average Bonchev–Trinajstić information content (AvgIpc) is 2.70. The highest BCUT2D eigenvalue weighted by molar-refractivity contribution is 7.18. The van der Waals surface area contributed by atoms with E-state index in [1.807, 2.05) is 6.92 Å². The summed E-state index contributed by atoms with van der Waals surface area (Å²) in [5.41, 5.74) is 0.220. The molecule has 0 aliphatic carbocycles. The minimum atomic E-state index is -1.42. The average molecular weight is 276 g/mol. The molecule has 0 bridgehead atoms. The van der Waals surface area contributed by atoms with Gasteiger partial charge in [0.25, 0.3) is 5.56 Å². The number of ether oxygens (including phenoxy) is 1. The van der Waals surface area contributed by atoms with Gasteiger partial charge in [0, 0.05) is 4.88 Å². The van der Waals surface area contributed by atoms with Gasteiger partial charge in [-0.05, 0) is 25.1 Å². The number of rotatable bonds is 1. The van der Waals surface area contributed by atoms with Gasteiger partial charge < -0.3 is 9.84 Å². The number of hydrogen-bond donors (Lipinski definition) is 1. The van der Waals surface area contributed by atoms with Crippen LogP contribution in [0.5, 0.6) is 5.75 Å². The summed E-state index contributed by atoms with van der Waals surface area (Å²) in [6.45, 7) is 1.90. The summed E-state index contributed by atoms with van der Waals surface area (Å²) in [6, 6.07) is 4.78. The van der Waals surface area contributed by atoms with Crippen molar-refractivity contribution in [3.63, 3.8) is 0 Å². The van der Waals surface area contributed by atoms with Crippen LogP contribution in [-0.2, 0) is 0 Å². The van der Waals surface area contributed by atoms with Crippen molar-refractivity contribution in [3.05, 3.63) is 39.6 Å². The first-order chi connectivity index (χ1) is 9.04. The van der Waals surface area contributed by atoms with Crippen molar-refractivity contribution < 1.29 is 14.6 Å². The van der Waals surface area contributed by atoms with Crippen LogP contribution in [0.1, 0.15) is 4.88 Å². The Morgan fingerprint density at radius 2 is 2.26 bits per heavy atom. The maximum Gasteiger partial charge on any atom is 0.511 e. The number of carbonyl (C=O) groups is 1. The molecule has 3 rings (SSSR count). The number of thiophene rings is 1. The van der Waals surface area contributed by atoms with Gasteiger partial charge in [-0.25, -0.2) is 9.78 Å². The topological polar surface area (TPSA) is 80.9 Å². The lowest BCUT2D eigenvalue weighted by Gasteiger charge is -2.03. The molecule has 3 aromatic heterocycles. The largest absolute Gasteiger partial charge is 0.511 e. The third-order valence-electron chi connectivity index (χ3n) is 2.61. The van der Waals surface area contributed by atoms with E-state index >= 15 is 0 Å². The zero-order valence-electron chi connectivity index (χ0n) is 9.78. The smallest absolute Gasteiger partial charge is 0.449 e. The highest BCUT2D eigenvalue weighted by Crippen LogP contribution is 2.21. The number of pyridine rings is 1. The van der Waals surface area contributed by atoms with Gasteiger partial charge >= 0.3 is 6.16 Å². The zero-order valence-corrected chi connectivity index (χ0v) is 10.6. The van der Waals surface area contributed by atoms with Crippen molar-refractivity contribution in [2.75, 3.05) is 0 Å². The summed E-state index contributed by atoms with van der Waals surface area (Å²) in [6.07, 6.45) is -0.0987. The van der Waals surface area contributed by atoms with Crippen LogP contribution < -0.4 is 10.3 Å². The molecular formula is C12H8N2O4S. The monoisotopic (exact) mass is 276 g/mol. The maximum absolute atomic E-state index is 12.3. The fraction of sp³-hybridized carbons (Fsp3) is 0.0833. The van der Waals surface area contributed by atoms with Crippen LogP contribution in [0, 0.1) is 6.92 Å². The van der Waals surface area contributed by atoms with Crippen LogP contribution in [0.25, 0.3) is 15.9 Å². The Morgan fingerprint density at radius 1 is 1.47 bits per heavy atom. The number of aromatic nitrogens is 2. The fourth-order valence-corrected chi connectivity index (χ4v) is 2.74. The zero-order chi connectivity index (χ0) is 13.6. The first kappa shape index (κ1) is 11.7. The van der Waals surface area contributed by atoms with E-state index in [0.717, 1.165) is 4.88 Å².